The first kappa shape index (κ1) is 27.5. The van der Waals surface area contributed by atoms with E-state index in [9.17, 15) is 14.7 Å². The molecule has 2 aromatic carbocycles. The molecule has 2 saturated heterocycles. The number of likely N-dealkylation sites (tertiary alicyclic amines) is 2. The Bertz CT molecular complexity index is 1570. The van der Waals surface area contributed by atoms with Crippen LogP contribution in [0.4, 0.5) is 9.59 Å². The molecule has 11 heteroatoms. The zero-order valence-corrected chi connectivity index (χ0v) is 23.9. The van der Waals surface area contributed by atoms with Gasteiger partial charge in [0.1, 0.15) is 17.5 Å². The normalized spacial score (nSPS) is 18.9. The average Bonchev–Trinajstić information content (AvgIpc) is 3.78. The van der Waals surface area contributed by atoms with E-state index in [2.05, 4.69) is 20.1 Å². The zero-order valence-electron chi connectivity index (χ0n) is 23.9. The number of aromatic nitrogens is 4. The standard InChI is InChI=1S/C31H34N6O5/c1-31(2,3)41-30(40)37-17-5-7-25(37)28-34-26(35-42-28)22-14-10-20(11-15-22)19-8-12-21(13-9-19)23-18-32-27(33-23)24-6-4-16-36(24)29(38)39/h8-15,18,24-25H,4-7,16-17H2,1-3H3,(H,32,33)(H,38,39)/t24?,25-/m0/s1. The highest BCUT2D eigenvalue weighted by Crippen LogP contribution is 2.34. The van der Waals surface area contributed by atoms with Crippen LogP contribution in [0.3, 0.4) is 0 Å². The molecule has 6 rings (SSSR count). The number of hydrogen-bond donors (Lipinski definition) is 2. The maximum absolute atomic E-state index is 12.7. The van der Waals surface area contributed by atoms with Crippen molar-refractivity contribution in [2.75, 3.05) is 13.1 Å². The number of amides is 2. The maximum Gasteiger partial charge on any atom is 0.410 e. The van der Waals surface area contributed by atoms with Crippen LogP contribution in [0.1, 0.15) is 70.3 Å². The molecular weight excluding hydrogens is 536 g/mol. The highest BCUT2D eigenvalue weighted by molar-refractivity contribution is 5.71. The summed E-state index contributed by atoms with van der Waals surface area (Å²) in [5, 5.41) is 13.6. The second kappa shape index (κ2) is 11.0. The number of carboxylic acid groups (broad SMARTS) is 1. The predicted octanol–water partition coefficient (Wildman–Crippen LogP) is 6.68. The summed E-state index contributed by atoms with van der Waals surface area (Å²) in [5.41, 5.74) is 4.15. The molecule has 2 amide bonds. The molecule has 0 spiro atoms. The van der Waals surface area contributed by atoms with Gasteiger partial charge in [0.2, 0.25) is 11.7 Å². The third kappa shape index (κ3) is 5.59. The van der Waals surface area contributed by atoms with Crippen LogP contribution in [0.25, 0.3) is 33.8 Å². The van der Waals surface area contributed by atoms with Gasteiger partial charge in [-0.15, -0.1) is 0 Å². The van der Waals surface area contributed by atoms with Gasteiger partial charge in [-0.1, -0.05) is 53.7 Å². The molecule has 0 radical (unpaired) electrons. The van der Waals surface area contributed by atoms with E-state index >= 15 is 0 Å². The van der Waals surface area contributed by atoms with Gasteiger partial charge in [-0.2, -0.15) is 4.98 Å². The van der Waals surface area contributed by atoms with Crippen molar-refractivity contribution in [3.63, 3.8) is 0 Å². The Morgan fingerprint density at radius 3 is 2.14 bits per heavy atom. The average molecular weight is 571 g/mol. The van der Waals surface area contributed by atoms with Crippen molar-refractivity contribution in [3.8, 4) is 33.8 Å². The fourth-order valence-corrected chi connectivity index (χ4v) is 5.64. The molecule has 2 N–H and O–H groups in total. The van der Waals surface area contributed by atoms with Gasteiger partial charge < -0.3 is 19.4 Å². The van der Waals surface area contributed by atoms with Crippen LogP contribution in [-0.4, -0.2) is 65.9 Å². The first-order valence-electron chi connectivity index (χ1n) is 14.3. The Morgan fingerprint density at radius 2 is 1.50 bits per heavy atom. The maximum atomic E-state index is 12.7. The van der Waals surface area contributed by atoms with E-state index in [4.69, 9.17) is 9.26 Å². The lowest BCUT2D eigenvalue weighted by molar-refractivity contribution is 0.0199. The predicted molar refractivity (Wildman–Crippen MR) is 154 cm³/mol. The molecule has 42 heavy (non-hydrogen) atoms. The molecule has 2 aliphatic rings. The van der Waals surface area contributed by atoms with Crippen LogP contribution in [0, 0.1) is 0 Å². The number of nitrogens with one attached hydrogen (secondary N) is 1. The summed E-state index contributed by atoms with van der Waals surface area (Å²) in [4.78, 5) is 39.7. The first-order valence-corrected chi connectivity index (χ1v) is 14.3. The number of aromatic amines is 1. The van der Waals surface area contributed by atoms with Crippen molar-refractivity contribution in [3.05, 3.63) is 66.4 Å². The molecule has 218 valence electrons. The minimum absolute atomic E-state index is 0.230. The van der Waals surface area contributed by atoms with E-state index in [-0.39, 0.29) is 18.2 Å². The Balaban J connectivity index is 1.13. The van der Waals surface area contributed by atoms with Crippen LogP contribution < -0.4 is 0 Å². The fourth-order valence-electron chi connectivity index (χ4n) is 5.64. The number of benzene rings is 2. The molecule has 4 heterocycles. The highest BCUT2D eigenvalue weighted by Gasteiger charge is 2.37. The summed E-state index contributed by atoms with van der Waals surface area (Å²) in [7, 11) is 0. The Labute approximate surface area is 243 Å². The quantitative estimate of drug-likeness (QED) is 0.271. The van der Waals surface area contributed by atoms with Crippen LogP contribution >= 0.6 is 0 Å². The SMILES string of the molecule is CC(C)(C)OC(=O)N1CCC[C@H]1c1nc(-c2ccc(-c3ccc(-c4cnc(C5CCCN5C(=O)O)[nH]4)cc3)cc2)no1. The molecular formula is C31H34N6O5. The van der Waals surface area contributed by atoms with Crippen LogP contribution in [-0.2, 0) is 4.74 Å². The lowest BCUT2D eigenvalue weighted by atomic mass is 10.0. The number of carbonyl (C=O) groups is 2. The lowest BCUT2D eigenvalue weighted by Gasteiger charge is -2.26. The minimum atomic E-state index is -0.913. The number of imidazole rings is 1. The van der Waals surface area contributed by atoms with Crippen molar-refractivity contribution < 1.29 is 24.0 Å². The molecule has 4 aromatic rings. The van der Waals surface area contributed by atoms with Crippen LogP contribution in [0.5, 0.6) is 0 Å². The molecule has 0 aliphatic carbocycles. The van der Waals surface area contributed by atoms with Gasteiger partial charge in [0, 0.05) is 18.7 Å². The fraction of sp³-hybridized carbons (Fsp3) is 0.387. The summed E-state index contributed by atoms with van der Waals surface area (Å²) in [6, 6.07) is 15.5. The van der Waals surface area contributed by atoms with Gasteiger partial charge in [0.05, 0.1) is 17.9 Å². The summed E-state index contributed by atoms with van der Waals surface area (Å²) in [6.07, 6.45) is 3.68. The molecule has 2 aliphatic heterocycles. The minimum Gasteiger partial charge on any atom is -0.465 e. The van der Waals surface area contributed by atoms with E-state index in [0.717, 1.165) is 53.6 Å². The number of carbonyl (C=O) groups excluding carboxylic acids is 1. The summed E-state index contributed by atoms with van der Waals surface area (Å²) in [6.45, 7) is 6.67. The highest BCUT2D eigenvalue weighted by atomic mass is 16.6. The van der Waals surface area contributed by atoms with Crippen molar-refractivity contribution >= 4 is 12.2 Å². The molecule has 2 aromatic heterocycles. The van der Waals surface area contributed by atoms with Gasteiger partial charge >= 0.3 is 12.2 Å². The summed E-state index contributed by atoms with van der Waals surface area (Å²) >= 11 is 0. The van der Waals surface area contributed by atoms with Crippen molar-refractivity contribution in [1.29, 1.82) is 0 Å². The van der Waals surface area contributed by atoms with Gasteiger partial charge in [0.25, 0.3) is 0 Å². The molecule has 2 atom stereocenters. The monoisotopic (exact) mass is 570 g/mol. The Morgan fingerprint density at radius 1 is 0.905 bits per heavy atom. The number of nitrogens with zero attached hydrogens (tertiary/aromatic N) is 5. The number of rotatable bonds is 5. The topological polar surface area (TPSA) is 138 Å². The van der Waals surface area contributed by atoms with E-state index in [1.54, 1.807) is 11.1 Å². The third-order valence-electron chi connectivity index (χ3n) is 7.69. The zero-order chi connectivity index (χ0) is 29.4. The Kier molecular flexibility index (Phi) is 7.17. The molecule has 11 nitrogen and oxygen atoms in total. The third-order valence-corrected chi connectivity index (χ3v) is 7.69. The first-order chi connectivity index (χ1) is 20.2. The summed E-state index contributed by atoms with van der Waals surface area (Å²) in [5.74, 6) is 1.57. The van der Waals surface area contributed by atoms with Crippen molar-refractivity contribution in [2.45, 2.75) is 64.1 Å². The van der Waals surface area contributed by atoms with Gasteiger partial charge in [0.15, 0.2) is 0 Å². The molecule has 2 fully saturated rings. The second-order valence-electron chi connectivity index (χ2n) is 11.8. The molecule has 0 bridgehead atoms. The largest absolute Gasteiger partial charge is 0.465 e. The van der Waals surface area contributed by atoms with E-state index in [1.165, 1.54) is 4.90 Å². The second-order valence-corrected chi connectivity index (χ2v) is 11.8. The van der Waals surface area contributed by atoms with Gasteiger partial charge in [-0.05, 0) is 63.1 Å². The van der Waals surface area contributed by atoms with Crippen molar-refractivity contribution in [1.82, 2.24) is 29.9 Å². The van der Waals surface area contributed by atoms with Crippen LogP contribution in [0.15, 0.2) is 59.3 Å². The van der Waals surface area contributed by atoms with Gasteiger partial charge in [-0.25, -0.2) is 14.6 Å². The van der Waals surface area contributed by atoms with Crippen LogP contribution in [0.2, 0.25) is 0 Å². The Hall–Kier alpha value is -4.67. The lowest BCUT2D eigenvalue weighted by Crippen LogP contribution is -2.36. The van der Waals surface area contributed by atoms with E-state index in [1.807, 2.05) is 69.3 Å². The number of hydrogen-bond acceptors (Lipinski definition) is 7. The number of ether oxygens (including phenoxy) is 1. The van der Waals surface area contributed by atoms with E-state index < -0.39 is 11.7 Å². The van der Waals surface area contributed by atoms with Gasteiger partial charge in [-0.3, -0.25) is 9.80 Å². The molecule has 0 saturated carbocycles. The van der Waals surface area contributed by atoms with Crippen molar-refractivity contribution in [2.24, 2.45) is 0 Å². The van der Waals surface area contributed by atoms with E-state index in [0.29, 0.717) is 30.6 Å². The summed E-state index contributed by atoms with van der Waals surface area (Å²) < 4.78 is 11.1. The smallest absolute Gasteiger partial charge is 0.410 e. The molecule has 1 unspecified atom stereocenters. The number of H-pyrrole nitrogens is 1.